The molecule has 3 aromatic rings. The summed E-state index contributed by atoms with van der Waals surface area (Å²) in [6.45, 7) is 10.7. The van der Waals surface area contributed by atoms with Gasteiger partial charge in [0.05, 0.1) is 24.1 Å². The molecule has 4 rings (SSSR count). The fraction of sp³-hybridized carbons (Fsp3) is 0.500. The van der Waals surface area contributed by atoms with Crippen LogP contribution in [0.2, 0.25) is 0 Å². The molecule has 7 nitrogen and oxygen atoms in total. The Balaban J connectivity index is 1.38. The van der Waals surface area contributed by atoms with Crippen molar-refractivity contribution < 1.29 is 4.52 Å². The van der Waals surface area contributed by atoms with Crippen molar-refractivity contribution in [2.24, 2.45) is 0 Å². The van der Waals surface area contributed by atoms with Gasteiger partial charge in [0.15, 0.2) is 5.82 Å². The van der Waals surface area contributed by atoms with Crippen LogP contribution < -0.4 is 0 Å². The van der Waals surface area contributed by atoms with Gasteiger partial charge in [-0.3, -0.25) is 9.80 Å². The SMILES string of the molecule is CCn1c(CN2CCN(Cc3noc(C)n3)CC2)nc2ccccc21. The van der Waals surface area contributed by atoms with Crippen LogP contribution in [0.1, 0.15) is 24.5 Å². The van der Waals surface area contributed by atoms with Gasteiger partial charge in [0.1, 0.15) is 5.82 Å². The number of aromatic nitrogens is 4. The molecule has 3 heterocycles. The second-order valence-electron chi connectivity index (χ2n) is 6.54. The van der Waals surface area contributed by atoms with Gasteiger partial charge in [-0.2, -0.15) is 4.98 Å². The van der Waals surface area contributed by atoms with Crippen molar-refractivity contribution in [2.45, 2.75) is 33.5 Å². The van der Waals surface area contributed by atoms with E-state index in [0.717, 1.165) is 63.0 Å². The van der Waals surface area contributed by atoms with E-state index >= 15 is 0 Å². The molecule has 1 aromatic carbocycles. The molecule has 132 valence electrons. The maximum absolute atomic E-state index is 5.05. The number of benzene rings is 1. The van der Waals surface area contributed by atoms with Crippen LogP contribution in [0.15, 0.2) is 28.8 Å². The third-order valence-electron chi connectivity index (χ3n) is 4.81. The van der Waals surface area contributed by atoms with E-state index in [-0.39, 0.29) is 0 Å². The van der Waals surface area contributed by atoms with Crippen molar-refractivity contribution in [3.05, 3.63) is 41.8 Å². The number of rotatable bonds is 5. The molecule has 2 aromatic heterocycles. The molecule has 1 fully saturated rings. The van der Waals surface area contributed by atoms with Crippen molar-refractivity contribution >= 4 is 11.0 Å². The molecule has 0 saturated carbocycles. The molecule has 25 heavy (non-hydrogen) atoms. The van der Waals surface area contributed by atoms with Crippen LogP contribution in [0.3, 0.4) is 0 Å². The fourth-order valence-electron chi connectivity index (χ4n) is 3.51. The highest BCUT2D eigenvalue weighted by molar-refractivity contribution is 5.75. The second kappa shape index (κ2) is 6.93. The van der Waals surface area contributed by atoms with Crippen molar-refractivity contribution in [1.82, 2.24) is 29.5 Å². The number of piperazine rings is 1. The Morgan fingerprint density at radius 3 is 2.40 bits per heavy atom. The molecule has 1 aliphatic rings. The van der Waals surface area contributed by atoms with Gasteiger partial charge in [-0.05, 0) is 19.1 Å². The van der Waals surface area contributed by atoms with Crippen molar-refractivity contribution in [2.75, 3.05) is 26.2 Å². The normalized spacial score (nSPS) is 16.7. The van der Waals surface area contributed by atoms with Crippen LogP contribution in [0.25, 0.3) is 11.0 Å². The summed E-state index contributed by atoms with van der Waals surface area (Å²) in [4.78, 5) is 14.0. The Morgan fingerprint density at radius 1 is 1.00 bits per heavy atom. The van der Waals surface area contributed by atoms with Gasteiger partial charge in [0.2, 0.25) is 5.89 Å². The van der Waals surface area contributed by atoms with E-state index in [1.807, 2.05) is 6.92 Å². The molecule has 0 spiro atoms. The molecule has 0 radical (unpaired) electrons. The molecule has 0 amide bonds. The fourth-order valence-corrected chi connectivity index (χ4v) is 3.51. The van der Waals surface area contributed by atoms with E-state index in [2.05, 4.69) is 55.7 Å². The predicted molar refractivity (Wildman–Crippen MR) is 95.0 cm³/mol. The van der Waals surface area contributed by atoms with Gasteiger partial charge < -0.3 is 9.09 Å². The Morgan fingerprint density at radius 2 is 1.72 bits per heavy atom. The number of nitrogens with zero attached hydrogens (tertiary/aromatic N) is 6. The Bertz CT molecular complexity index is 846. The Hall–Kier alpha value is -2.25. The number of para-hydroxylation sites is 2. The molecule has 0 atom stereocenters. The summed E-state index contributed by atoms with van der Waals surface area (Å²) in [5, 5.41) is 3.99. The highest BCUT2D eigenvalue weighted by Gasteiger charge is 2.20. The topological polar surface area (TPSA) is 63.2 Å². The molecular weight excluding hydrogens is 316 g/mol. The molecule has 0 unspecified atom stereocenters. The first-order valence-corrected chi connectivity index (χ1v) is 8.91. The first-order valence-electron chi connectivity index (χ1n) is 8.91. The zero-order valence-corrected chi connectivity index (χ0v) is 14.9. The van der Waals surface area contributed by atoms with Gasteiger partial charge in [-0.25, -0.2) is 4.98 Å². The van der Waals surface area contributed by atoms with E-state index in [1.54, 1.807) is 0 Å². The molecule has 7 heteroatoms. The largest absolute Gasteiger partial charge is 0.340 e. The summed E-state index contributed by atoms with van der Waals surface area (Å²) in [5.74, 6) is 2.57. The summed E-state index contributed by atoms with van der Waals surface area (Å²) in [7, 11) is 0. The summed E-state index contributed by atoms with van der Waals surface area (Å²) in [6.07, 6.45) is 0. The molecule has 0 aliphatic carbocycles. The van der Waals surface area contributed by atoms with Crippen molar-refractivity contribution in [1.29, 1.82) is 0 Å². The minimum absolute atomic E-state index is 0.632. The lowest BCUT2D eigenvalue weighted by Gasteiger charge is -2.33. The maximum atomic E-state index is 5.05. The standard InChI is InChI=1S/C18H24N6O/c1-3-24-16-7-5-4-6-15(16)20-18(24)13-23-10-8-22(9-11-23)12-17-19-14(2)25-21-17/h4-7H,3,8-13H2,1-2H3. The quantitative estimate of drug-likeness (QED) is 0.708. The van der Waals surface area contributed by atoms with Gasteiger partial charge in [0, 0.05) is 39.6 Å². The van der Waals surface area contributed by atoms with E-state index in [0.29, 0.717) is 5.89 Å². The lowest BCUT2D eigenvalue weighted by Crippen LogP contribution is -2.45. The first-order chi connectivity index (χ1) is 12.2. The van der Waals surface area contributed by atoms with Crippen LogP contribution in [-0.4, -0.2) is 55.7 Å². The van der Waals surface area contributed by atoms with E-state index in [1.165, 1.54) is 5.52 Å². The molecule has 0 bridgehead atoms. The van der Waals surface area contributed by atoms with E-state index in [4.69, 9.17) is 9.51 Å². The second-order valence-corrected chi connectivity index (χ2v) is 6.54. The van der Waals surface area contributed by atoms with E-state index < -0.39 is 0 Å². The lowest BCUT2D eigenvalue weighted by atomic mass is 10.3. The molecule has 0 N–H and O–H groups in total. The van der Waals surface area contributed by atoms with Gasteiger partial charge in [-0.1, -0.05) is 17.3 Å². The van der Waals surface area contributed by atoms with Crippen LogP contribution in [0.5, 0.6) is 0 Å². The van der Waals surface area contributed by atoms with Crippen LogP contribution in [-0.2, 0) is 19.6 Å². The highest BCUT2D eigenvalue weighted by Crippen LogP contribution is 2.18. The maximum Gasteiger partial charge on any atom is 0.223 e. The Labute approximate surface area is 147 Å². The first kappa shape index (κ1) is 16.2. The zero-order valence-electron chi connectivity index (χ0n) is 14.9. The Kier molecular flexibility index (Phi) is 4.50. The average molecular weight is 340 g/mol. The smallest absolute Gasteiger partial charge is 0.223 e. The number of hydrogen-bond acceptors (Lipinski definition) is 6. The monoisotopic (exact) mass is 340 g/mol. The molecular formula is C18H24N6O. The molecule has 1 aliphatic heterocycles. The summed E-state index contributed by atoms with van der Waals surface area (Å²) in [5.41, 5.74) is 2.32. The third kappa shape index (κ3) is 3.43. The van der Waals surface area contributed by atoms with Crippen molar-refractivity contribution in [3.8, 4) is 0 Å². The van der Waals surface area contributed by atoms with Gasteiger partial charge in [0.25, 0.3) is 0 Å². The van der Waals surface area contributed by atoms with E-state index in [9.17, 15) is 0 Å². The predicted octanol–water partition coefficient (Wildman–Crippen LogP) is 2.07. The number of aryl methyl sites for hydroxylation is 2. The highest BCUT2D eigenvalue weighted by atomic mass is 16.5. The van der Waals surface area contributed by atoms with Gasteiger partial charge in [-0.15, -0.1) is 0 Å². The van der Waals surface area contributed by atoms with Crippen LogP contribution >= 0.6 is 0 Å². The lowest BCUT2D eigenvalue weighted by molar-refractivity contribution is 0.116. The number of hydrogen-bond donors (Lipinski definition) is 0. The van der Waals surface area contributed by atoms with Gasteiger partial charge >= 0.3 is 0 Å². The summed E-state index contributed by atoms with van der Waals surface area (Å²) in [6, 6.07) is 8.38. The van der Waals surface area contributed by atoms with Crippen LogP contribution in [0, 0.1) is 6.92 Å². The summed E-state index contributed by atoms with van der Waals surface area (Å²) < 4.78 is 7.37. The minimum Gasteiger partial charge on any atom is -0.340 e. The molecule has 1 saturated heterocycles. The third-order valence-corrected chi connectivity index (χ3v) is 4.81. The zero-order chi connectivity index (χ0) is 17.2. The summed E-state index contributed by atoms with van der Waals surface area (Å²) >= 11 is 0. The van der Waals surface area contributed by atoms with Crippen LogP contribution in [0.4, 0.5) is 0 Å². The minimum atomic E-state index is 0.632. The average Bonchev–Trinajstić information content (AvgIpc) is 3.19. The number of imidazole rings is 1. The van der Waals surface area contributed by atoms with Crippen molar-refractivity contribution in [3.63, 3.8) is 0 Å². The number of fused-ring (bicyclic) bond motifs is 1.